The van der Waals surface area contributed by atoms with Crippen LogP contribution in [0.1, 0.15) is 29.8 Å². The van der Waals surface area contributed by atoms with Gasteiger partial charge in [-0.2, -0.15) is 4.31 Å². The molecule has 0 aliphatic heterocycles. The molecule has 1 amide bonds. The number of hydrogen-bond donors (Lipinski definition) is 0. The number of amides is 1. The number of sulfonamides is 1. The Bertz CT molecular complexity index is 1420. The van der Waals surface area contributed by atoms with Gasteiger partial charge < -0.3 is 0 Å². The third kappa shape index (κ3) is 5.40. The van der Waals surface area contributed by atoms with Crippen LogP contribution in [0.4, 0.5) is 5.13 Å². The van der Waals surface area contributed by atoms with E-state index in [0.717, 1.165) is 20.7 Å². The highest BCUT2D eigenvalue weighted by Crippen LogP contribution is 2.33. The number of hydrogen-bond acceptors (Lipinski definition) is 7. The Kier molecular flexibility index (Phi) is 7.85. The molecule has 0 aliphatic carbocycles. The van der Waals surface area contributed by atoms with Crippen molar-refractivity contribution < 1.29 is 13.2 Å². The quantitative estimate of drug-likeness (QED) is 0.276. The van der Waals surface area contributed by atoms with Gasteiger partial charge >= 0.3 is 0 Å². The number of anilines is 1. The molecule has 0 saturated carbocycles. The Morgan fingerprint density at radius 3 is 2.43 bits per heavy atom. The summed E-state index contributed by atoms with van der Waals surface area (Å²) >= 11 is 3.11. The van der Waals surface area contributed by atoms with Crippen LogP contribution in [0.15, 0.2) is 76.8 Å². The van der Waals surface area contributed by atoms with E-state index in [0.29, 0.717) is 30.3 Å². The molecular formula is C25H26N4O3S3. The highest BCUT2D eigenvalue weighted by molar-refractivity contribution is 7.98. The van der Waals surface area contributed by atoms with E-state index in [1.165, 1.54) is 27.8 Å². The van der Waals surface area contributed by atoms with Crippen LogP contribution >= 0.6 is 23.1 Å². The Balaban J connectivity index is 1.70. The molecular weight excluding hydrogens is 501 g/mol. The number of thiazole rings is 1. The predicted molar refractivity (Wildman–Crippen MR) is 143 cm³/mol. The third-order valence-electron chi connectivity index (χ3n) is 5.57. The number of pyridine rings is 1. The lowest BCUT2D eigenvalue weighted by Gasteiger charge is -2.21. The van der Waals surface area contributed by atoms with E-state index in [4.69, 9.17) is 4.98 Å². The van der Waals surface area contributed by atoms with Crippen LogP contribution in [0.2, 0.25) is 0 Å². The number of thioether (sulfide) groups is 1. The van der Waals surface area contributed by atoms with Gasteiger partial charge in [-0.3, -0.25) is 14.7 Å². The van der Waals surface area contributed by atoms with E-state index >= 15 is 0 Å². The van der Waals surface area contributed by atoms with Gasteiger partial charge in [0.15, 0.2) is 5.13 Å². The first-order valence-electron chi connectivity index (χ1n) is 11.1. The third-order valence-corrected chi connectivity index (χ3v) is 9.40. The average Bonchev–Trinajstić information content (AvgIpc) is 3.31. The van der Waals surface area contributed by atoms with Gasteiger partial charge in [0.2, 0.25) is 10.0 Å². The standard InChI is InChI=1S/C25H26N4O3S3/c1-4-28(5-2)35(31,32)21-11-8-19(9-12-21)24(30)29(17-18-7-6-14-26-16-18)25-27-22-13-10-20(33-3)15-23(22)34-25/h6-16H,4-5,17H2,1-3H3. The Morgan fingerprint density at radius 1 is 1.06 bits per heavy atom. The SMILES string of the molecule is CCN(CC)S(=O)(=O)c1ccc(C(=O)N(Cc2cccnc2)c2nc3ccc(SC)cc3s2)cc1. The lowest BCUT2D eigenvalue weighted by Crippen LogP contribution is -2.31. The van der Waals surface area contributed by atoms with Crippen LogP contribution < -0.4 is 4.90 Å². The van der Waals surface area contributed by atoms with Crippen molar-refractivity contribution in [1.29, 1.82) is 0 Å². The number of fused-ring (bicyclic) bond motifs is 1. The number of rotatable bonds is 9. The largest absolute Gasteiger partial charge is 0.279 e. The smallest absolute Gasteiger partial charge is 0.260 e. The van der Waals surface area contributed by atoms with Gasteiger partial charge in [-0.1, -0.05) is 31.3 Å². The first-order chi connectivity index (χ1) is 16.9. The van der Waals surface area contributed by atoms with E-state index in [2.05, 4.69) is 11.1 Å². The molecule has 0 fully saturated rings. The zero-order chi connectivity index (χ0) is 25.0. The lowest BCUT2D eigenvalue weighted by atomic mass is 10.2. The molecule has 2 aromatic heterocycles. The molecule has 0 radical (unpaired) electrons. The highest BCUT2D eigenvalue weighted by atomic mass is 32.2. The number of benzene rings is 2. The van der Waals surface area contributed by atoms with Crippen molar-refractivity contribution in [2.45, 2.75) is 30.2 Å². The molecule has 0 bridgehead atoms. The second-order valence-corrected chi connectivity index (χ2v) is 11.5. The summed E-state index contributed by atoms with van der Waals surface area (Å²) < 4.78 is 28.1. The fourth-order valence-electron chi connectivity index (χ4n) is 3.67. The number of aromatic nitrogens is 2. The minimum absolute atomic E-state index is 0.168. The van der Waals surface area contributed by atoms with E-state index in [9.17, 15) is 13.2 Å². The van der Waals surface area contributed by atoms with Crippen molar-refractivity contribution in [1.82, 2.24) is 14.3 Å². The summed E-state index contributed by atoms with van der Waals surface area (Å²) in [6, 6.07) is 15.9. The summed E-state index contributed by atoms with van der Waals surface area (Å²) in [6.45, 7) is 4.66. The highest BCUT2D eigenvalue weighted by Gasteiger charge is 2.25. The van der Waals surface area contributed by atoms with Gasteiger partial charge in [-0.15, -0.1) is 11.8 Å². The summed E-state index contributed by atoms with van der Waals surface area (Å²) in [4.78, 5) is 25.5. The first-order valence-corrected chi connectivity index (χ1v) is 14.6. The molecule has 0 atom stereocenters. The summed E-state index contributed by atoms with van der Waals surface area (Å²) in [5.74, 6) is -0.259. The fraction of sp³-hybridized carbons (Fsp3) is 0.240. The van der Waals surface area contributed by atoms with Crippen LogP contribution in [0.5, 0.6) is 0 Å². The Hall–Kier alpha value is -2.79. The van der Waals surface area contributed by atoms with Crippen LogP contribution in [0.25, 0.3) is 10.2 Å². The predicted octanol–water partition coefficient (Wildman–Crippen LogP) is 5.29. The van der Waals surface area contributed by atoms with E-state index < -0.39 is 10.0 Å². The van der Waals surface area contributed by atoms with Crippen molar-refractivity contribution in [3.05, 3.63) is 78.1 Å². The van der Waals surface area contributed by atoms with Crippen molar-refractivity contribution in [2.24, 2.45) is 0 Å². The Morgan fingerprint density at radius 2 is 1.80 bits per heavy atom. The van der Waals surface area contributed by atoms with Crippen LogP contribution in [-0.4, -0.2) is 47.9 Å². The maximum absolute atomic E-state index is 13.7. The molecule has 2 aromatic carbocycles. The second-order valence-electron chi connectivity index (χ2n) is 7.70. The zero-order valence-electron chi connectivity index (χ0n) is 19.7. The van der Waals surface area contributed by atoms with Crippen molar-refractivity contribution in [3.63, 3.8) is 0 Å². The second kappa shape index (κ2) is 10.9. The molecule has 0 spiro atoms. The molecule has 4 rings (SSSR count). The molecule has 0 N–H and O–H groups in total. The molecule has 182 valence electrons. The van der Waals surface area contributed by atoms with Gasteiger partial charge in [0.25, 0.3) is 5.91 Å². The van der Waals surface area contributed by atoms with Gasteiger partial charge in [-0.05, 0) is 60.4 Å². The van der Waals surface area contributed by atoms with E-state index in [1.54, 1.807) is 55.0 Å². The van der Waals surface area contributed by atoms with Crippen LogP contribution in [0.3, 0.4) is 0 Å². The molecule has 35 heavy (non-hydrogen) atoms. The van der Waals surface area contributed by atoms with E-state index in [1.807, 2.05) is 30.5 Å². The van der Waals surface area contributed by atoms with Gasteiger partial charge in [0.05, 0.1) is 21.7 Å². The molecule has 2 heterocycles. The lowest BCUT2D eigenvalue weighted by molar-refractivity contribution is 0.0985. The van der Waals surface area contributed by atoms with Gasteiger partial charge in [-0.25, -0.2) is 13.4 Å². The minimum Gasteiger partial charge on any atom is -0.279 e. The number of carbonyl (C=O) groups is 1. The Labute approximate surface area is 213 Å². The molecule has 7 nitrogen and oxygen atoms in total. The van der Waals surface area contributed by atoms with Crippen molar-refractivity contribution >= 4 is 54.4 Å². The summed E-state index contributed by atoms with van der Waals surface area (Å²) in [5.41, 5.74) is 2.08. The zero-order valence-corrected chi connectivity index (χ0v) is 22.2. The number of carbonyl (C=O) groups excluding carboxylic acids is 1. The molecule has 0 saturated heterocycles. The summed E-state index contributed by atoms with van der Waals surface area (Å²) in [7, 11) is -3.60. The topological polar surface area (TPSA) is 83.5 Å². The minimum atomic E-state index is -3.60. The first kappa shape index (κ1) is 25.3. The summed E-state index contributed by atoms with van der Waals surface area (Å²) in [5, 5.41) is 0.576. The maximum atomic E-state index is 13.7. The normalized spacial score (nSPS) is 11.8. The van der Waals surface area contributed by atoms with Gasteiger partial charge in [0.1, 0.15) is 0 Å². The van der Waals surface area contributed by atoms with Crippen molar-refractivity contribution in [3.8, 4) is 0 Å². The van der Waals surface area contributed by atoms with E-state index in [-0.39, 0.29) is 10.8 Å². The average molecular weight is 527 g/mol. The van der Waals surface area contributed by atoms with Gasteiger partial charge in [0, 0.05) is 35.9 Å². The van der Waals surface area contributed by atoms with Crippen molar-refractivity contribution in [2.75, 3.05) is 24.2 Å². The van der Waals surface area contributed by atoms with Crippen LogP contribution in [-0.2, 0) is 16.6 Å². The molecule has 4 aromatic rings. The molecule has 0 aliphatic rings. The fourth-order valence-corrected chi connectivity index (χ4v) is 6.65. The monoisotopic (exact) mass is 526 g/mol. The van der Waals surface area contributed by atoms with Crippen LogP contribution in [0, 0.1) is 0 Å². The maximum Gasteiger partial charge on any atom is 0.260 e. The molecule has 0 unspecified atom stereocenters. The number of nitrogens with zero attached hydrogens (tertiary/aromatic N) is 4. The molecule has 10 heteroatoms. The summed E-state index contributed by atoms with van der Waals surface area (Å²) in [6.07, 6.45) is 5.43.